The Bertz CT molecular complexity index is 537. The summed E-state index contributed by atoms with van der Waals surface area (Å²) in [4.78, 5) is 21.6. The largest absolute Gasteiger partial charge is 0.466 e. The molecule has 0 bridgehead atoms. The first-order valence-electron chi connectivity index (χ1n) is 5.06. The Morgan fingerprint density at radius 1 is 1.61 bits per heavy atom. The van der Waals surface area contributed by atoms with Gasteiger partial charge in [-0.3, -0.25) is 14.9 Å². The van der Waals surface area contributed by atoms with Crippen molar-refractivity contribution >= 4 is 24.3 Å². The van der Waals surface area contributed by atoms with Crippen LogP contribution in [0.25, 0.3) is 0 Å². The van der Waals surface area contributed by atoms with Crippen LogP contribution in [-0.2, 0) is 16.0 Å². The van der Waals surface area contributed by atoms with Crippen LogP contribution in [0.2, 0.25) is 0 Å². The van der Waals surface area contributed by atoms with E-state index in [4.69, 9.17) is 10.00 Å². The van der Waals surface area contributed by atoms with E-state index in [9.17, 15) is 14.9 Å². The first-order chi connectivity index (χ1) is 8.51. The quantitative estimate of drug-likeness (QED) is 0.388. The standard InChI is InChI=1S/C11H10N2O4S/c1-2-17-10(14)5-7-3-4-9(18)11(13(15)16)8(7)6-12/h3-4,18H,2,5H2,1H3. The van der Waals surface area contributed by atoms with Gasteiger partial charge in [-0.1, -0.05) is 6.07 Å². The average Bonchev–Trinajstić information content (AvgIpc) is 2.30. The second-order valence-electron chi connectivity index (χ2n) is 3.32. The molecule has 0 atom stereocenters. The highest BCUT2D eigenvalue weighted by atomic mass is 32.1. The lowest BCUT2D eigenvalue weighted by Crippen LogP contribution is -2.09. The molecule has 1 aromatic rings. The molecule has 6 nitrogen and oxygen atoms in total. The third-order valence-corrected chi connectivity index (χ3v) is 2.54. The number of nitriles is 1. The van der Waals surface area contributed by atoms with Gasteiger partial charge in [-0.15, -0.1) is 12.6 Å². The summed E-state index contributed by atoms with van der Waals surface area (Å²) in [6, 6.07) is 4.58. The van der Waals surface area contributed by atoms with Crippen molar-refractivity contribution in [2.75, 3.05) is 6.61 Å². The highest BCUT2D eigenvalue weighted by Crippen LogP contribution is 2.29. The van der Waals surface area contributed by atoms with Gasteiger partial charge in [0.2, 0.25) is 0 Å². The van der Waals surface area contributed by atoms with E-state index in [1.807, 2.05) is 0 Å². The number of nitrogens with zero attached hydrogens (tertiary/aromatic N) is 2. The Morgan fingerprint density at radius 3 is 2.78 bits per heavy atom. The summed E-state index contributed by atoms with van der Waals surface area (Å²) in [7, 11) is 0. The fraction of sp³-hybridized carbons (Fsp3) is 0.273. The molecule has 0 aliphatic carbocycles. The average molecular weight is 266 g/mol. The van der Waals surface area contributed by atoms with Crippen molar-refractivity contribution in [3.05, 3.63) is 33.4 Å². The minimum Gasteiger partial charge on any atom is -0.466 e. The molecule has 0 fully saturated rings. The molecule has 1 rings (SSSR count). The molecule has 0 radical (unpaired) electrons. The number of hydrogen-bond donors (Lipinski definition) is 1. The van der Waals surface area contributed by atoms with Crippen molar-refractivity contribution in [3.63, 3.8) is 0 Å². The molecule has 7 heteroatoms. The van der Waals surface area contributed by atoms with Gasteiger partial charge in [0.25, 0.3) is 0 Å². The number of carbonyl (C=O) groups excluding carboxylic acids is 1. The number of carbonyl (C=O) groups is 1. The van der Waals surface area contributed by atoms with E-state index in [0.29, 0.717) is 0 Å². The Kier molecular flexibility index (Phi) is 4.68. The summed E-state index contributed by atoms with van der Waals surface area (Å²) in [5.41, 5.74) is -0.274. The van der Waals surface area contributed by atoms with Crippen molar-refractivity contribution in [2.45, 2.75) is 18.2 Å². The number of esters is 1. The molecule has 0 unspecified atom stereocenters. The molecule has 0 amide bonds. The van der Waals surface area contributed by atoms with Crippen LogP contribution >= 0.6 is 12.6 Å². The van der Waals surface area contributed by atoms with E-state index >= 15 is 0 Å². The van der Waals surface area contributed by atoms with Crippen LogP contribution in [0.15, 0.2) is 17.0 Å². The molecule has 0 saturated carbocycles. The lowest BCUT2D eigenvalue weighted by molar-refractivity contribution is -0.388. The lowest BCUT2D eigenvalue weighted by atomic mass is 10.0. The van der Waals surface area contributed by atoms with E-state index < -0.39 is 10.9 Å². The highest BCUT2D eigenvalue weighted by molar-refractivity contribution is 7.80. The first kappa shape index (κ1) is 14.0. The molecule has 0 spiro atoms. The maximum absolute atomic E-state index is 11.3. The summed E-state index contributed by atoms with van der Waals surface area (Å²) in [6.07, 6.45) is -0.175. The van der Waals surface area contributed by atoms with E-state index in [1.165, 1.54) is 12.1 Å². The number of nitro benzene ring substituents is 1. The van der Waals surface area contributed by atoms with Gasteiger partial charge in [-0.05, 0) is 18.6 Å². The van der Waals surface area contributed by atoms with E-state index in [-0.39, 0.29) is 34.7 Å². The van der Waals surface area contributed by atoms with Crippen molar-refractivity contribution in [1.29, 1.82) is 5.26 Å². The first-order valence-corrected chi connectivity index (χ1v) is 5.51. The summed E-state index contributed by atoms with van der Waals surface area (Å²) in [6.45, 7) is 1.87. The molecular weight excluding hydrogens is 256 g/mol. The van der Waals surface area contributed by atoms with E-state index in [1.54, 1.807) is 13.0 Å². The Balaban J connectivity index is 3.22. The summed E-state index contributed by atoms with van der Waals surface area (Å²) in [5.74, 6) is -0.532. The summed E-state index contributed by atoms with van der Waals surface area (Å²) < 4.78 is 4.74. The van der Waals surface area contributed by atoms with Gasteiger partial charge in [-0.25, -0.2) is 0 Å². The van der Waals surface area contributed by atoms with Crippen LogP contribution in [0.3, 0.4) is 0 Å². The van der Waals surface area contributed by atoms with Crippen LogP contribution in [-0.4, -0.2) is 17.5 Å². The van der Waals surface area contributed by atoms with Crippen LogP contribution in [0.5, 0.6) is 0 Å². The zero-order valence-corrected chi connectivity index (χ0v) is 10.4. The zero-order chi connectivity index (χ0) is 13.7. The van der Waals surface area contributed by atoms with Gasteiger partial charge in [0, 0.05) is 0 Å². The molecule has 1 aromatic carbocycles. The summed E-state index contributed by atoms with van der Waals surface area (Å²) >= 11 is 3.93. The molecule has 0 N–H and O–H groups in total. The minimum atomic E-state index is -0.685. The third kappa shape index (κ3) is 2.99. The molecule has 94 valence electrons. The molecule has 0 aromatic heterocycles. The van der Waals surface area contributed by atoms with Crippen molar-refractivity contribution < 1.29 is 14.5 Å². The molecule has 0 saturated heterocycles. The minimum absolute atomic E-state index is 0.0872. The van der Waals surface area contributed by atoms with Crippen LogP contribution in [0.4, 0.5) is 5.69 Å². The number of nitro groups is 1. The van der Waals surface area contributed by atoms with Gasteiger partial charge in [0.05, 0.1) is 22.8 Å². The number of ether oxygens (including phenoxy) is 1. The Morgan fingerprint density at radius 2 is 2.28 bits per heavy atom. The fourth-order valence-corrected chi connectivity index (χ4v) is 1.71. The Hall–Kier alpha value is -2.07. The molecule has 0 heterocycles. The number of benzene rings is 1. The highest BCUT2D eigenvalue weighted by Gasteiger charge is 2.22. The van der Waals surface area contributed by atoms with Gasteiger partial charge >= 0.3 is 11.7 Å². The SMILES string of the molecule is CCOC(=O)Cc1ccc(S)c([N+](=O)[O-])c1C#N. The second kappa shape index (κ2) is 6.02. The Labute approximate surface area is 109 Å². The number of rotatable bonds is 4. The van der Waals surface area contributed by atoms with Gasteiger partial charge in [0.1, 0.15) is 11.6 Å². The smallest absolute Gasteiger partial charge is 0.310 e. The van der Waals surface area contributed by atoms with Gasteiger partial charge in [0.15, 0.2) is 0 Å². The molecular formula is C11H10N2O4S. The lowest BCUT2D eigenvalue weighted by Gasteiger charge is -2.06. The van der Waals surface area contributed by atoms with Crippen molar-refractivity contribution in [2.24, 2.45) is 0 Å². The van der Waals surface area contributed by atoms with Crippen molar-refractivity contribution in [3.8, 4) is 6.07 Å². The fourth-order valence-electron chi connectivity index (χ4n) is 1.45. The predicted octanol–water partition coefficient (Wildman–Crippen LogP) is 1.86. The predicted molar refractivity (Wildman–Crippen MR) is 65.4 cm³/mol. The van der Waals surface area contributed by atoms with E-state index in [2.05, 4.69) is 12.6 Å². The van der Waals surface area contributed by atoms with Gasteiger partial charge < -0.3 is 4.74 Å². The topological polar surface area (TPSA) is 93.2 Å². The van der Waals surface area contributed by atoms with E-state index in [0.717, 1.165) is 0 Å². The van der Waals surface area contributed by atoms with Crippen LogP contribution in [0.1, 0.15) is 18.1 Å². The molecule has 0 aliphatic rings. The normalized spacial score (nSPS) is 9.61. The summed E-state index contributed by atoms with van der Waals surface area (Å²) in [5, 5.41) is 19.8. The van der Waals surface area contributed by atoms with Gasteiger partial charge in [-0.2, -0.15) is 5.26 Å². The number of hydrogen-bond acceptors (Lipinski definition) is 6. The number of thiol groups is 1. The second-order valence-corrected chi connectivity index (χ2v) is 3.80. The third-order valence-electron chi connectivity index (χ3n) is 2.18. The van der Waals surface area contributed by atoms with Crippen LogP contribution < -0.4 is 0 Å². The maximum atomic E-state index is 11.3. The maximum Gasteiger partial charge on any atom is 0.310 e. The zero-order valence-electron chi connectivity index (χ0n) is 9.54. The monoisotopic (exact) mass is 266 g/mol. The molecule has 0 aliphatic heterocycles. The molecule has 18 heavy (non-hydrogen) atoms. The van der Waals surface area contributed by atoms with Crippen molar-refractivity contribution in [1.82, 2.24) is 0 Å². The van der Waals surface area contributed by atoms with Crippen LogP contribution in [0, 0.1) is 21.4 Å².